The Kier molecular flexibility index (Phi) is 3.74. The molecular formula is C18H17N2OP. The zero-order valence-corrected chi connectivity index (χ0v) is 12.9. The van der Waals surface area contributed by atoms with Crippen molar-refractivity contribution in [1.82, 2.24) is 0 Å². The molecule has 0 unspecified atom stereocenters. The zero-order chi connectivity index (χ0) is 15.6. The first-order valence-electron chi connectivity index (χ1n) is 7.00. The fourth-order valence-electron chi connectivity index (χ4n) is 2.59. The Morgan fingerprint density at radius 3 is 1.45 bits per heavy atom. The first-order valence-corrected chi connectivity index (χ1v) is 8.70. The van der Waals surface area contributed by atoms with E-state index < -0.39 is 7.14 Å². The fourth-order valence-corrected chi connectivity index (χ4v) is 5.47. The Morgan fingerprint density at radius 1 is 0.591 bits per heavy atom. The number of hydrogen-bond donors (Lipinski definition) is 2. The summed E-state index contributed by atoms with van der Waals surface area (Å²) in [6.07, 6.45) is 0. The molecule has 0 aliphatic heterocycles. The predicted octanol–water partition coefficient (Wildman–Crippen LogP) is 2.49. The summed E-state index contributed by atoms with van der Waals surface area (Å²) in [6.45, 7) is 0. The lowest BCUT2D eigenvalue weighted by molar-refractivity contribution is 0.592. The van der Waals surface area contributed by atoms with Crippen LogP contribution in [0.3, 0.4) is 0 Å². The second-order valence-corrected chi connectivity index (χ2v) is 7.76. The second kappa shape index (κ2) is 5.70. The molecule has 22 heavy (non-hydrogen) atoms. The van der Waals surface area contributed by atoms with Crippen molar-refractivity contribution < 1.29 is 4.57 Å². The molecule has 0 bridgehead atoms. The molecule has 0 amide bonds. The van der Waals surface area contributed by atoms with E-state index >= 15 is 0 Å². The standard InChI is InChI=1S/C18H17N2OP/c19-15-10-4-6-12-17(15)22(21,14-8-2-1-3-9-14)18-13-7-5-11-16(18)20/h1-13H,19-20H2. The zero-order valence-electron chi connectivity index (χ0n) is 12.0. The van der Waals surface area contributed by atoms with Gasteiger partial charge in [-0.15, -0.1) is 0 Å². The van der Waals surface area contributed by atoms with Gasteiger partial charge in [0.2, 0.25) is 0 Å². The van der Waals surface area contributed by atoms with E-state index in [1.54, 1.807) is 12.1 Å². The summed E-state index contributed by atoms with van der Waals surface area (Å²) in [4.78, 5) is 0. The molecule has 3 aromatic rings. The van der Waals surface area contributed by atoms with Crippen LogP contribution in [0.2, 0.25) is 0 Å². The highest BCUT2D eigenvalue weighted by Crippen LogP contribution is 2.45. The van der Waals surface area contributed by atoms with Crippen molar-refractivity contribution in [3.8, 4) is 0 Å². The lowest BCUT2D eigenvalue weighted by Gasteiger charge is -2.22. The number of rotatable bonds is 3. The van der Waals surface area contributed by atoms with Crippen molar-refractivity contribution in [3.63, 3.8) is 0 Å². The van der Waals surface area contributed by atoms with E-state index in [9.17, 15) is 4.57 Å². The molecule has 3 aromatic carbocycles. The van der Waals surface area contributed by atoms with Crippen LogP contribution in [-0.4, -0.2) is 0 Å². The molecule has 0 aliphatic carbocycles. The van der Waals surface area contributed by atoms with Crippen LogP contribution in [-0.2, 0) is 4.57 Å². The topological polar surface area (TPSA) is 69.1 Å². The molecule has 0 saturated heterocycles. The van der Waals surface area contributed by atoms with Crippen molar-refractivity contribution in [2.75, 3.05) is 11.5 Å². The first-order chi connectivity index (χ1) is 10.6. The minimum atomic E-state index is -3.10. The van der Waals surface area contributed by atoms with Gasteiger partial charge in [0.05, 0.1) is 0 Å². The molecule has 0 radical (unpaired) electrons. The maximum atomic E-state index is 14.1. The van der Waals surface area contributed by atoms with Gasteiger partial charge in [-0.2, -0.15) is 0 Å². The van der Waals surface area contributed by atoms with Gasteiger partial charge in [0.15, 0.2) is 7.14 Å². The first kappa shape index (κ1) is 14.4. The van der Waals surface area contributed by atoms with Crippen LogP contribution in [0, 0.1) is 0 Å². The SMILES string of the molecule is Nc1ccccc1P(=O)(c1ccccc1)c1ccccc1N. The van der Waals surface area contributed by atoms with E-state index in [0.717, 1.165) is 5.30 Å². The van der Waals surface area contributed by atoms with Gasteiger partial charge >= 0.3 is 0 Å². The van der Waals surface area contributed by atoms with Crippen LogP contribution in [0.25, 0.3) is 0 Å². The molecule has 0 aromatic heterocycles. The van der Waals surface area contributed by atoms with Crippen LogP contribution in [0.1, 0.15) is 0 Å². The van der Waals surface area contributed by atoms with Crippen molar-refractivity contribution in [2.24, 2.45) is 0 Å². The van der Waals surface area contributed by atoms with Crippen LogP contribution >= 0.6 is 7.14 Å². The monoisotopic (exact) mass is 308 g/mol. The van der Waals surface area contributed by atoms with Crippen LogP contribution in [0.15, 0.2) is 78.9 Å². The van der Waals surface area contributed by atoms with Gasteiger partial charge in [0, 0.05) is 27.3 Å². The van der Waals surface area contributed by atoms with E-state index in [1.807, 2.05) is 66.7 Å². The Bertz CT molecular complexity index is 797. The number of anilines is 2. The van der Waals surface area contributed by atoms with Gasteiger partial charge < -0.3 is 16.0 Å². The van der Waals surface area contributed by atoms with Gasteiger partial charge in [-0.1, -0.05) is 54.6 Å². The van der Waals surface area contributed by atoms with E-state index in [2.05, 4.69) is 0 Å². The maximum absolute atomic E-state index is 14.1. The number of hydrogen-bond acceptors (Lipinski definition) is 3. The van der Waals surface area contributed by atoms with Crippen LogP contribution in [0.5, 0.6) is 0 Å². The molecule has 0 atom stereocenters. The number of nitrogen functional groups attached to an aromatic ring is 2. The third-order valence-electron chi connectivity index (χ3n) is 3.67. The highest BCUT2D eigenvalue weighted by atomic mass is 31.2. The van der Waals surface area contributed by atoms with E-state index in [0.29, 0.717) is 22.0 Å². The molecule has 0 aliphatic rings. The highest BCUT2D eigenvalue weighted by molar-refractivity contribution is 7.85. The molecule has 110 valence electrons. The average molecular weight is 308 g/mol. The highest BCUT2D eigenvalue weighted by Gasteiger charge is 2.32. The molecule has 3 nitrogen and oxygen atoms in total. The third kappa shape index (κ3) is 2.30. The third-order valence-corrected chi connectivity index (χ3v) is 6.87. The van der Waals surface area contributed by atoms with Crippen LogP contribution < -0.4 is 27.4 Å². The summed E-state index contributed by atoms with van der Waals surface area (Å²) in [6, 6.07) is 23.9. The van der Waals surface area contributed by atoms with Crippen molar-refractivity contribution in [2.45, 2.75) is 0 Å². The minimum absolute atomic E-state index is 0.512. The Labute approximate surface area is 130 Å². The summed E-state index contributed by atoms with van der Waals surface area (Å²) >= 11 is 0. The molecule has 3 rings (SSSR count). The minimum Gasteiger partial charge on any atom is -0.398 e. The smallest absolute Gasteiger partial charge is 0.175 e. The summed E-state index contributed by atoms with van der Waals surface area (Å²) < 4.78 is 14.1. The van der Waals surface area contributed by atoms with Gasteiger partial charge in [-0.05, 0) is 24.3 Å². The fraction of sp³-hybridized carbons (Fsp3) is 0. The average Bonchev–Trinajstić information content (AvgIpc) is 2.56. The lowest BCUT2D eigenvalue weighted by atomic mass is 10.3. The van der Waals surface area contributed by atoms with Gasteiger partial charge in [0.1, 0.15) is 0 Å². The Balaban J connectivity index is 2.37. The lowest BCUT2D eigenvalue weighted by Crippen LogP contribution is -2.28. The van der Waals surface area contributed by atoms with Gasteiger partial charge in [-0.3, -0.25) is 0 Å². The molecule has 0 heterocycles. The van der Waals surface area contributed by atoms with E-state index in [-0.39, 0.29) is 0 Å². The van der Waals surface area contributed by atoms with Crippen molar-refractivity contribution in [3.05, 3.63) is 78.9 Å². The van der Waals surface area contributed by atoms with E-state index in [4.69, 9.17) is 11.5 Å². The molecule has 0 saturated carbocycles. The second-order valence-electron chi connectivity index (χ2n) is 5.06. The normalized spacial score (nSPS) is 11.3. The number of nitrogens with two attached hydrogens (primary N) is 2. The van der Waals surface area contributed by atoms with Crippen molar-refractivity contribution >= 4 is 34.4 Å². The van der Waals surface area contributed by atoms with Gasteiger partial charge in [-0.25, -0.2) is 0 Å². The van der Waals surface area contributed by atoms with Crippen LogP contribution in [0.4, 0.5) is 11.4 Å². The van der Waals surface area contributed by atoms with Gasteiger partial charge in [0.25, 0.3) is 0 Å². The molecule has 4 N–H and O–H groups in total. The quantitative estimate of drug-likeness (QED) is 0.577. The maximum Gasteiger partial charge on any atom is 0.175 e. The largest absolute Gasteiger partial charge is 0.398 e. The summed E-state index contributed by atoms with van der Waals surface area (Å²) in [5.74, 6) is 0. The predicted molar refractivity (Wildman–Crippen MR) is 94.7 cm³/mol. The van der Waals surface area contributed by atoms with E-state index in [1.165, 1.54) is 0 Å². The summed E-state index contributed by atoms with van der Waals surface area (Å²) in [5.41, 5.74) is 13.3. The molecular weight excluding hydrogens is 291 g/mol. The summed E-state index contributed by atoms with van der Waals surface area (Å²) in [5, 5.41) is 1.98. The molecule has 4 heteroatoms. The number of benzene rings is 3. The molecule has 0 spiro atoms. The molecule has 0 fully saturated rings. The Hall–Kier alpha value is -2.51. The Morgan fingerprint density at radius 2 is 1.00 bits per heavy atom. The number of para-hydroxylation sites is 2. The summed E-state index contributed by atoms with van der Waals surface area (Å²) in [7, 11) is -3.10. The van der Waals surface area contributed by atoms with Crippen molar-refractivity contribution in [1.29, 1.82) is 0 Å².